The molecule has 0 saturated carbocycles. The van der Waals surface area contributed by atoms with Crippen molar-refractivity contribution >= 4 is 11.9 Å². The largest absolute Gasteiger partial charge is 0.481 e. The van der Waals surface area contributed by atoms with Gasteiger partial charge in [0.25, 0.3) is 0 Å². The summed E-state index contributed by atoms with van der Waals surface area (Å²) >= 11 is 0. The van der Waals surface area contributed by atoms with Crippen LogP contribution in [-0.2, 0) is 9.59 Å². The Kier molecular flexibility index (Phi) is 4.01. The van der Waals surface area contributed by atoms with Gasteiger partial charge >= 0.3 is 5.97 Å². The smallest absolute Gasteiger partial charge is 0.303 e. The number of hydrogen-bond acceptors (Lipinski definition) is 3. The minimum Gasteiger partial charge on any atom is -0.481 e. The van der Waals surface area contributed by atoms with E-state index in [0.29, 0.717) is 25.3 Å². The Balaban J connectivity index is 1.80. The summed E-state index contributed by atoms with van der Waals surface area (Å²) in [5, 5.41) is 8.65. The number of aliphatic carboxylic acids is 1. The number of nitrogens with zero attached hydrogens (tertiary/aromatic N) is 1. The van der Waals surface area contributed by atoms with Crippen LogP contribution in [0.2, 0.25) is 0 Å². The molecule has 5 heteroatoms. The van der Waals surface area contributed by atoms with Crippen LogP contribution in [0, 0.1) is 11.8 Å². The van der Waals surface area contributed by atoms with E-state index in [4.69, 9.17) is 10.8 Å². The van der Waals surface area contributed by atoms with Gasteiger partial charge < -0.3 is 15.7 Å². The highest BCUT2D eigenvalue weighted by Gasteiger charge is 2.32. The Labute approximate surface area is 107 Å². The SMILES string of the molecule is NC1C=CC(C(=O)N2CCC(CCC(=O)O)C2)C1. The molecule has 1 aliphatic heterocycles. The average Bonchev–Trinajstić information content (AvgIpc) is 2.94. The highest BCUT2D eigenvalue weighted by atomic mass is 16.4. The molecule has 0 aromatic rings. The molecule has 0 aromatic heterocycles. The molecular formula is C13H20N2O3. The predicted octanol–water partition coefficient (Wildman–Crippen LogP) is 0.603. The van der Waals surface area contributed by atoms with E-state index in [0.717, 1.165) is 13.0 Å². The molecule has 0 spiro atoms. The monoisotopic (exact) mass is 252 g/mol. The number of carbonyl (C=O) groups is 2. The van der Waals surface area contributed by atoms with Gasteiger partial charge in [-0.05, 0) is 25.2 Å². The summed E-state index contributed by atoms with van der Waals surface area (Å²) in [6.07, 6.45) is 6.27. The van der Waals surface area contributed by atoms with E-state index >= 15 is 0 Å². The molecule has 2 rings (SSSR count). The number of carbonyl (C=O) groups excluding carboxylic acids is 1. The summed E-state index contributed by atoms with van der Waals surface area (Å²) in [4.78, 5) is 24.6. The molecule has 1 amide bonds. The normalized spacial score (nSPS) is 30.9. The Morgan fingerprint density at radius 2 is 2.17 bits per heavy atom. The molecule has 3 atom stereocenters. The van der Waals surface area contributed by atoms with Gasteiger partial charge in [-0.3, -0.25) is 9.59 Å². The van der Waals surface area contributed by atoms with Gasteiger partial charge in [0.05, 0.1) is 5.92 Å². The molecule has 18 heavy (non-hydrogen) atoms. The second-order valence-corrected chi connectivity index (χ2v) is 5.26. The summed E-state index contributed by atoms with van der Waals surface area (Å²) in [5.74, 6) is -0.344. The van der Waals surface area contributed by atoms with E-state index in [2.05, 4.69) is 0 Å². The van der Waals surface area contributed by atoms with Crippen LogP contribution in [0.4, 0.5) is 0 Å². The highest BCUT2D eigenvalue weighted by molar-refractivity contribution is 5.81. The van der Waals surface area contributed by atoms with Crippen LogP contribution in [-0.4, -0.2) is 41.0 Å². The molecule has 1 fully saturated rings. The van der Waals surface area contributed by atoms with Crippen molar-refractivity contribution in [2.45, 2.75) is 31.7 Å². The number of rotatable bonds is 4. The van der Waals surface area contributed by atoms with Gasteiger partial charge in [0.15, 0.2) is 0 Å². The molecule has 1 heterocycles. The van der Waals surface area contributed by atoms with Crippen LogP contribution < -0.4 is 5.73 Å². The van der Waals surface area contributed by atoms with Crippen LogP contribution >= 0.6 is 0 Å². The number of carboxylic acid groups (broad SMARTS) is 1. The van der Waals surface area contributed by atoms with Crippen LogP contribution in [0.3, 0.4) is 0 Å². The van der Waals surface area contributed by atoms with E-state index < -0.39 is 5.97 Å². The van der Waals surface area contributed by atoms with Gasteiger partial charge in [-0.1, -0.05) is 12.2 Å². The molecule has 3 N–H and O–H groups in total. The van der Waals surface area contributed by atoms with Crippen molar-refractivity contribution < 1.29 is 14.7 Å². The lowest BCUT2D eigenvalue weighted by molar-refractivity contribution is -0.137. The molecule has 0 aromatic carbocycles. The van der Waals surface area contributed by atoms with Gasteiger partial charge in [-0.25, -0.2) is 0 Å². The maximum atomic E-state index is 12.2. The minimum atomic E-state index is -0.760. The maximum absolute atomic E-state index is 12.2. The highest BCUT2D eigenvalue weighted by Crippen LogP contribution is 2.25. The van der Waals surface area contributed by atoms with Crippen molar-refractivity contribution in [3.05, 3.63) is 12.2 Å². The average molecular weight is 252 g/mol. The third-order valence-corrected chi connectivity index (χ3v) is 3.80. The summed E-state index contributed by atoms with van der Waals surface area (Å²) in [6, 6.07) is 0.00404. The van der Waals surface area contributed by atoms with E-state index in [1.807, 2.05) is 17.1 Å². The Hall–Kier alpha value is -1.36. The van der Waals surface area contributed by atoms with Gasteiger partial charge in [0, 0.05) is 25.6 Å². The Bertz CT molecular complexity index is 367. The van der Waals surface area contributed by atoms with Crippen molar-refractivity contribution in [3.63, 3.8) is 0 Å². The molecule has 3 unspecified atom stereocenters. The van der Waals surface area contributed by atoms with Crippen LogP contribution in [0.1, 0.15) is 25.7 Å². The molecule has 0 bridgehead atoms. The van der Waals surface area contributed by atoms with Crippen molar-refractivity contribution in [2.24, 2.45) is 17.6 Å². The molecule has 0 radical (unpaired) electrons. The third-order valence-electron chi connectivity index (χ3n) is 3.80. The molecular weight excluding hydrogens is 232 g/mol. The van der Waals surface area contributed by atoms with Crippen LogP contribution in [0.5, 0.6) is 0 Å². The van der Waals surface area contributed by atoms with Gasteiger partial charge in [0.2, 0.25) is 5.91 Å². The maximum Gasteiger partial charge on any atom is 0.303 e. The second-order valence-electron chi connectivity index (χ2n) is 5.26. The Morgan fingerprint density at radius 3 is 2.78 bits per heavy atom. The van der Waals surface area contributed by atoms with Crippen LogP contribution in [0.25, 0.3) is 0 Å². The third kappa shape index (κ3) is 3.10. The number of amides is 1. The molecule has 1 saturated heterocycles. The number of likely N-dealkylation sites (tertiary alicyclic amines) is 1. The molecule has 100 valence electrons. The standard InChI is InChI=1S/C13H20N2O3/c14-11-3-2-10(7-11)13(18)15-6-5-9(8-15)1-4-12(16)17/h2-3,9-11H,1,4-8,14H2,(H,16,17). The lowest BCUT2D eigenvalue weighted by Gasteiger charge is -2.20. The lowest BCUT2D eigenvalue weighted by atomic mass is 10.0. The van der Waals surface area contributed by atoms with E-state index in [-0.39, 0.29) is 24.3 Å². The second kappa shape index (κ2) is 5.52. The number of hydrogen-bond donors (Lipinski definition) is 2. The zero-order chi connectivity index (χ0) is 13.1. The van der Waals surface area contributed by atoms with Crippen molar-refractivity contribution in [1.29, 1.82) is 0 Å². The van der Waals surface area contributed by atoms with Gasteiger partial charge in [-0.2, -0.15) is 0 Å². The van der Waals surface area contributed by atoms with E-state index in [1.54, 1.807) is 0 Å². The zero-order valence-corrected chi connectivity index (χ0v) is 10.4. The first-order valence-electron chi connectivity index (χ1n) is 6.50. The lowest BCUT2D eigenvalue weighted by Crippen LogP contribution is -2.34. The fourth-order valence-electron chi connectivity index (χ4n) is 2.74. The summed E-state index contributed by atoms with van der Waals surface area (Å²) < 4.78 is 0. The number of carboxylic acids is 1. The molecule has 1 aliphatic carbocycles. The van der Waals surface area contributed by atoms with E-state index in [9.17, 15) is 9.59 Å². The minimum absolute atomic E-state index is 0.00404. The first-order valence-corrected chi connectivity index (χ1v) is 6.50. The molecule has 5 nitrogen and oxygen atoms in total. The summed E-state index contributed by atoms with van der Waals surface area (Å²) in [7, 11) is 0. The fourth-order valence-corrected chi connectivity index (χ4v) is 2.74. The zero-order valence-electron chi connectivity index (χ0n) is 10.4. The van der Waals surface area contributed by atoms with Crippen LogP contribution in [0.15, 0.2) is 12.2 Å². The van der Waals surface area contributed by atoms with E-state index in [1.165, 1.54) is 0 Å². The Morgan fingerprint density at radius 1 is 1.39 bits per heavy atom. The fraction of sp³-hybridized carbons (Fsp3) is 0.692. The van der Waals surface area contributed by atoms with Crippen molar-refractivity contribution in [3.8, 4) is 0 Å². The summed E-state index contributed by atoms with van der Waals surface area (Å²) in [6.45, 7) is 1.45. The van der Waals surface area contributed by atoms with Crippen molar-refractivity contribution in [1.82, 2.24) is 4.90 Å². The molecule has 2 aliphatic rings. The topological polar surface area (TPSA) is 83.6 Å². The summed E-state index contributed by atoms with van der Waals surface area (Å²) in [5.41, 5.74) is 5.75. The predicted molar refractivity (Wildman–Crippen MR) is 66.8 cm³/mol. The number of nitrogens with two attached hydrogens (primary N) is 1. The quantitative estimate of drug-likeness (QED) is 0.718. The first-order chi connectivity index (χ1) is 8.56. The van der Waals surface area contributed by atoms with Gasteiger partial charge in [-0.15, -0.1) is 0 Å². The van der Waals surface area contributed by atoms with Crippen molar-refractivity contribution in [2.75, 3.05) is 13.1 Å². The van der Waals surface area contributed by atoms with Gasteiger partial charge in [0.1, 0.15) is 0 Å². The first kappa shape index (κ1) is 13.1.